The first kappa shape index (κ1) is 47.8. The molecule has 7 heteroatoms. The first-order chi connectivity index (χ1) is 25.2. The van der Waals surface area contributed by atoms with Gasteiger partial charge in [-0.3, -0.25) is 0 Å². The minimum atomic E-state index is 0.688. The highest BCUT2D eigenvalue weighted by Gasteiger charge is 2.05. The van der Waals surface area contributed by atoms with E-state index < -0.39 is 0 Å². The number of unbranched alkanes of at least 4 members (excludes halogenated alkanes) is 12. The van der Waals surface area contributed by atoms with Crippen molar-refractivity contribution in [2.45, 2.75) is 163 Å². The van der Waals surface area contributed by atoms with Gasteiger partial charge in [-0.15, -0.1) is 0 Å². The van der Waals surface area contributed by atoms with E-state index in [0.29, 0.717) is 5.92 Å². The van der Waals surface area contributed by atoms with Crippen LogP contribution in [-0.4, -0.2) is 78.6 Å². The summed E-state index contributed by atoms with van der Waals surface area (Å²) in [6.07, 6.45) is 26.0. The van der Waals surface area contributed by atoms with Crippen LogP contribution in [0.3, 0.4) is 0 Å². The maximum atomic E-state index is 6.26. The monoisotopic (exact) mass is 717 g/mol. The number of hydrogen-bond donors (Lipinski definition) is 6. The summed E-state index contributed by atoms with van der Waals surface area (Å²) in [4.78, 5) is 0. The third-order valence-electron chi connectivity index (χ3n) is 9.53. The molecule has 1 aromatic carbocycles. The first-order valence-corrected chi connectivity index (χ1v) is 22.2. The van der Waals surface area contributed by atoms with E-state index in [1.54, 1.807) is 0 Å². The molecule has 300 valence electrons. The minimum absolute atomic E-state index is 0.688. The second-order valence-corrected chi connectivity index (χ2v) is 15.4. The van der Waals surface area contributed by atoms with Crippen LogP contribution >= 0.6 is 0 Å². The molecule has 0 amide bonds. The van der Waals surface area contributed by atoms with Crippen LogP contribution < -0.4 is 36.6 Å². The Morgan fingerprint density at radius 1 is 0.431 bits per heavy atom. The van der Waals surface area contributed by atoms with E-state index in [-0.39, 0.29) is 0 Å². The highest BCUT2D eigenvalue weighted by molar-refractivity contribution is 5.34. The Hall–Kier alpha value is -1.22. The zero-order valence-corrected chi connectivity index (χ0v) is 34.6. The molecule has 0 aliphatic rings. The van der Waals surface area contributed by atoms with Crippen LogP contribution in [0.1, 0.15) is 161 Å². The molecule has 0 bridgehead atoms. The van der Waals surface area contributed by atoms with Crippen LogP contribution in [0.25, 0.3) is 0 Å². The van der Waals surface area contributed by atoms with E-state index in [1.807, 2.05) is 0 Å². The molecule has 0 saturated heterocycles. The first-order valence-electron chi connectivity index (χ1n) is 22.2. The van der Waals surface area contributed by atoms with Crippen LogP contribution in [0.2, 0.25) is 0 Å². The largest absolute Gasteiger partial charge is 0.494 e. The predicted octanol–water partition coefficient (Wildman–Crippen LogP) is 8.75. The van der Waals surface area contributed by atoms with Crippen LogP contribution in [0.5, 0.6) is 5.75 Å². The Morgan fingerprint density at radius 3 is 1.39 bits per heavy atom. The number of nitrogens with one attached hydrogen (secondary N) is 6. The molecule has 0 spiro atoms. The summed E-state index contributed by atoms with van der Waals surface area (Å²) >= 11 is 0. The summed E-state index contributed by atoms with van der Waals surface area (Å²) in [6, 6.07) is 6.94. The normalized spacial score (nSPS) is 11.6. The fourth-order valence-electron chi connectivity index (χ4n) is 6.40. The smallest absolute Gasteiger partial charge is 0.119 e. The highest BCUT2D eigenvalue weighted by atomic mass is 16.5. The summed E-state index contributed by atoms with van der Waals surface area (Å²) in [5.41, 5.74) is 2.76. The molecule has 0 heterocycles. The van der Waals surface area contributed by atoms with Crippen molar-refractivity contribution >= 4 is 0 Å². The summed E-state index contributed by atoms with van der Waals surface area (Å²) in [7, 11) is 0. The van der Waals surface area contributed by atoms with Crippen LogP contribution in [-0.2, 0) is 13.0 Å². The van der Waals surface area contributed by atoms with Crippen molar-refractivity contribution in [2.75, 3.05) is 78.6 Å². The van der Waals surface area contributed by atoms with Gasteiger partial charge in [0, 0.05) is 6.54 Å². The van der Waals surface area contributed by atoms with E-state index in [4.69, 9.17) is 4.74 Å². The lowest BCUT2D eigenvalue weighted by molar-refractivity contribution is 0.306. The van der Waals surface area contributed by atoms with Gasteiger partial charge in [0.1, 0.15) is 5.75 Å². The van der Waals surface area contributed by atoms with Gasteiger partial charge in [0.2, 0.25) is 0 Å². The molecular formula is C44H88N6O. The summed E-state index contributed by atoms with van der Waals surface area (Å²) < 4.78 is 6.26. The van der Waals surface area contributed by atoms with Crippen molar-refractivity contribution in [1.82, 2.24) is 31.9 Å². The third-order valence-corrected chi connectivity index (χ3v) is 9.53. The Morgan fingerprint density at radius 2 is 0.863 bits per heavy atom. The van der Waals surface area contributed by atoms with E-state index in [0.717, 1.165) is 97.1 Å². The number of aryl methyl sites for hydroxylation is 1. The lowest BCUT2D eigenvalue weighted by Crippen LogP contribution is -2.25. The molecule has 0 aliphatic carbocycles. The maximum absolute atomic E-state index is 6.26. The lowest BCUT2D eigenvalue weighted by Gasteiger charge is -2.13. The molecule has 0 saturated carbocycles. The van der Waals surface area contributed by atoms with Crippen molar-refractivity contribution < 1.29 is 4.74 Å². The number of hydrogen-bond acceptors (Lipinski definition) is 7. The van der Waals surface area contributed by atoms with Crippen molar-refractivity contribution in [3.63, 3.8) is 0 Å². The second-order valence-electron chi connectivity index (χ2n) is 15.4. The molecule has 0 aromatic heterocycles. The second kappa shape index (κ2) is 38.5. The number of ether oxygens (including phenoxy) is 1. The SMILES string of the molecule is CCCCCCCCNCCCNCCCCCc1cc(CNCCCNCCCNCCCCCCCC)cc(OCCCNCC(C)C)c1. The van der Waals surface area contributed by atoms with Gasteiger partial charge >= 0.3 is 0 Å². The molecule has 0 atom stereocenters. The minimum Gasteiger partial charge on any atom is -0.494 e. The summed E-state index contributed by atoms with van der Waals surface area (Å²) in [6.45, 7) is 22.9. The Balaban J connectivity index is 2.22. The molecule has 6 N–H and O–H groups in total. The van der Waals surface area contributed by atoms with Crippen LogP contribution in [0, 0.1) is 5.92 Å². The van der Waals surface area contributed by atoms with Gasteiger partial charge < -0.3 is 36.6 Å². The van der Waals surface area contributed by atoms with Crippen molar-refractivity contribution in [3.05, 3.63) is 29.3 Å². The fourth-order valence-corrected chi connectivity index (χ4v) is 6.40. The van der Waals surface area contributed by atoms with Gasteiger partial charge in [-0.1, -0.05) is 104 Å². The molecule has 1 aromatic rings. The topological polar surface area (TPSA) is 81.4 Å². The van der Waals surface area contributed by atoms with Gasteiger partial charge in [0.15, 0.2) is 0 Å². The molecule has 1 rings (SSSR count). The fraction of sp³-hybridized carbons (Fsp3) is 0.864. The molecular weight excluding hydrogens is 629 g/mol. The zero-order chi connectivity index (χ0) is 36.7. The Kier molecular flexibility index (Phi) is 36.1. The Bertz CT molecular complexity index is 784. The van der Waals surface area contributed by atoms with Crippen molar-refractivity contribution in [1.29, 1.82) is 0 Å². The summed E-state index contributed by atoms with van der Waals surface area (Å²) in [5.74, 6) is 1.72. The summed E-state index contributed by atoms with van der Waals surface area (Å²) in [5, 5.41) is 21.7. The van der Waals surface area contributed by atoms with Gasteiger partial charge in [0.05, 0.1) is 6.61 Å². The predicted molar refractivity (Wildman–Crippen MR) is 226 cm³/mol. The molecule has 0 radical (unpaired) electrons. The highest BCUT2D eigenvalue weighted by Crippen LogP contribution is 2.20. The molecule has 51 heavy (non-hydrogen) atoms. The maximum Gasteiger partial charge on any atom is 0.119 e. The van der Waals surface area contributed by atoms with E-state index in [1.165, 1.54) is 133 Å². The van der Waals surface area contributed by atoms with Crippen LogP contribution in [0.4, 0.5) is 0 Å². The third kappa shape index (κ3) is 34.3. The average molecular weight is 717 g/mol. The van der Waals surface area contributed by atoms with E-state index in [9.17, 15) is 0 Å². The Labute approximate surface area is 318 Å². The van der Waals surface area contributed by atoms with E-state index >= 15 is 0 Å². The van der Waals surface area contributed by atoms with Gasteiger partial charge in [-0.2, -0.15) is 0 Å². The van der Waals surface area contributed by atoms with E-state index in [2.05, 4.69) is 77.8 Å². The average Bonchev–Trinajstić information content (AvgIpc) is 3.12. The number of rotatable bonds is 41. The van der Waals surface area contributed by atoms with Gasteiger partial charge in [-0.25, -0.2) is 0 Å². The van der Waals surface area contributed by atoms with Crippen LogP contribution in [0.15, 0.2) is 18.2 Å². The molecule has 0 aliphatic heterocycles. The van der Waals surface area contributed by atoms with Crippen molar-refractivity contribution in [3.8, 4) is 5.75 Å². The molecule has 0 fully saturated rings. The quantitative estimate of drug-likeness (QED) is 0.0379. The van der Waals surface area contributed by atoms with Gasteiger partial charge in [-0.05, 0) is 159 Å². The number of benzene rings is 1. The zero-order valence-electron chi connectivity index (χ0n) is 34.6. The van der Waals surface area contributed by atoms with Crippen molar-refractivity contribution in [2.24, 2.45) is 5.92 Å². The standard InChI is InChI=1S/C44H88N6O/c1-5-7-9-11-13-17-25-45-28-20-29-47-27-19-15-16-24-42-36-43(38-44(37-42)51-35-23-34-49-39-41(3)4)40-50-33-22-32-48-31-21-30-46-26-18-14-12-10-8-6-2/h36-38,41,45-50H,5-35,39-40H2,1-4H3. The lowest BCUT2D eigenvalue weighted by atomic mass is 10.0. The van der Waals surface area contributed by atoms with Gasteiger partial charge in [0.25, 0.3) is 0 Å². The molecule has 0 unspecified atom stereocenters. The molecule has 7 nitrogen and oxygen atoms in total.